The standard InChI is InChI=1S/C14H20/c1-12-7-6-10-14(2,11-12)13-8-4-3-5-9-13/h3-5,8-9,12H,6-7,10-11H2,1-2H3. The molecule has 0 aromatic heterocycles. The third kappa shape index (κ3) is 1.84. The Kier molecular flexibility index (Phi) is 2.62. The van der Waals surface area contributed by atoms with Crippen molar-refractivity contribution in [2.24, 2.45) is 5.92 Å². The maximum Gasteiger partial charge on any atom is -0.00727 e. The van der Waals surface area contributed by atoms with Crippen LogP contribution in [0.5, 0.6) is 0 Å². The summed E-state index contributed by atoms with van der Waals surface area (Å²) in [6, 6.07) is 11.0. The van der Waals surface area contributed by atoms with Crippen LogP contribution < -0.4 is 0 Å². The minimum Gasteiger partial charge on any atom is -0.0625 e. The Labute approximate surface area is 87.3 Å². The van der Waals surface area contributed by atoms with E-state index in [0.717, 1.165) is 5.92 Å². The Bertz CT molecular complexity index is 288. The predicted molar refractivity (Wildman–Crippen MR) is 61.4 cm³/mol. The molecular weight excluding hydrogens is 168 g/mol. The van der Waals surface area contributed by atoms with E-state index < -0.39 is 0 Å². The first-order chi connectivity index (χ1) is 6.71. The highest BCUT2D eigenvalue weighted by Gasteiger charge is 2.31. The molecule has 0 saturated heterocycles. The SMILES string of the molecule is CC1CCCC(C)(c2ccccc2)C1. The molecule has 1 aromatic rings. The van der Waals surface area contributed by atoms with E-state index in [1.54, 1.807) is 0 Å². The van der Waals surface area contributed by atoms with E-state index in [4.69, 9.17) is 0 Å². The van der Waals surface area contributed by atoms with E-state index in [-0.39, 0.29) is 0 Å². The third-order valence-corrected chi connectivity index (χ3v) is 3.70. The van der Waals surface area contributed by atoms with Crippen molar-refractivity contribution in [3.8, 4) is 0 Å². The number of rotatable bonds is 1. The van der Waals surface area contributed by atoms with E-state index in [1.807, 2.05) is 0 Å². The van der Waals surface area contributed by atoms with Gasteiger partial charge in [0.15, 0.2) is 0 Å². The fraction of sp³-hybridized carbons (Fsp3) is 0.571. The number of benzene rings is 1. The number of hydrogen-bond donors (Lipinski definition) is 0. The molecule has 0 radical (unpaired) electrons. The van der Waals surface area contributed by atoms with Gasteiger partial charge in [-0.1, -0.05) is 57.0 Å². The van der Waals surface area contributed by atoms with E-state index in [0.29, 0.717) is 5.41 Å². The van der Waals surface area contributed by atoms with Gasteiger partial charge < -0.3 is 0 Å². The summed E-state index contributed by atoms with van der Waals surface area (Å²) in [7, 11) is 0. The lowest BCUT2D eigenvalue weighted by Crippen LogP contribution is -2.28. The van der Waals surface area contributed by atoms with Crippen LogP contribution in [0.1, 0.15) is 45.1 Å². The van der Waals surface area contributed by atoms with Crippen molar-refractivity contribution >= 4 is 0 Å². The normalized spacial score (nSPS) is 32.9. The lowest BCUT2D eigenvalue weighted by molar-refractivity contribution is 0.252. The molecule has 2 rings (SSSR count). The lowest BCUT2D eigenvalue weighted by atomic mass is 9.68. The van der Waals surface area contributed by atoms with Crippen molar-refractivity contribution in [1.29, 1.82) is 0 Å². The zero-order valence-electron chi connectivity index (χ0n) is 9.29. The fourth-order valence-electron chi connectivity index (χ4n) is 2.92. The van der Waals surface area contributed by atoms with Crippen molar-refractivity contribution in [2.75, 3.05) is 0 Å². The third-order valence-electron chi connectivity index (χ3n) is 3.70. The van der Waals surface area contributed by atoms with Crippen molar-refractivity contribution in [2.45, 2.75) is 44.9 Å². The maximum atomic E-state index is 2.43. The first-order valence-corrected chi connectivity index (χ1v) is 5.76. The summed E-state index contributed by atoms with van der Waals surface area (Å²) in [6.45, 7) is 4.82. The molecule has 14 heavy (non-hydrogen) atoms. The van der Waals surface area contributed by atoms with Gasteiger partial charge in [0.1, 0.15) is 0 Å². The fourth-order valence-corrected chi connectivity index (χ4v) is 2.92. The smallest absolute Gasteiger partial charge is 0.00727 e. The lowest BCUT2D eigenvalue weighted by Gasteiger charge is -2.37. The molecule has 0 amide bonds. The van der Waals surface area contributed by atoms with Gasteiger partial charge in [0.2, 0.25) is 0 Å². The van der Waals surface area contributed by atoms with Gasteiger partial charge in [0, 0.05) is 0 Å². The van der Waals surface area contributed by atoms with Gasteiger partial charge in [0.25, 0.3) is 0 Å². The van der Waals surface area contributed by atoms with Gasteiger partial charge in [-0.25, -0.2) is 0 Å². The van der Waals surface area contributed by atoms with Crippen LogP contribution in [0.2, 0.25) is 0 Å². The van der Waals surface area contributed by atoms with Crippen LogP contribution in [0.15, 0.2) is 30.3 Å². The molecule has 0 nitrogen and oxygen atoms in total. The zero-order chi connectivity index (χ0) is 10.0. The summed E-state index contributed by atoms with van der Waals surface area (Å²) in [4.78, 5) is 0. The molecule has 1 aliphatic rings. The highest BCUT2D eigenvalue weighted by Crippen LogP contribution is 2.41. The summed E-state index contributed by atoms with van der Waals surface area (Å²) >= 11 is 0. The van der Waals surface area contributed by atoms with Crippen LogP contribution in [-0.4, -0.2) is 0 Å². The van der Waals surface area contributed by atoms with Crippen LogP contribution in [-0.2, 0) is 5.41 Å². The molecule has 1 aromatic carbocycles. The molecule has 1 fully saturated rings. The van der Waals surface area contributed by atoms with Crippen LogP contribution in [0.3, 0.4) is 0 Å². The van der Waals surface area contributed by atoms with Crippen molar-refractivity contribution in [1.82, 2.24) is 0 Å². The molecule has 0 bridgehead atoms. The van der Waals surface area contributed by atoms with Crippen molar-refractivity contribution in [3.05, 3.63) is 35.9 Å². The van der Waals surface area contributed by atoms with Crippen molar-refractivity contribution in [3.63, 3.8) is 0 Å². The van der Waals surface area contributed by atoms with E-state index >= 15 is 0 Å². The maximum absolute atomic E-state index is 2.43. The van der Waals surface area contributed by atoms with Crippen LogP contribution >= 0.6 is 0 Å². The van der Waals surface area contributed by atoms with Gasteiger partial charge in [-0.05, 0) is 29.7 Å². The summed E-state index contributed by atoms with van der Waals surface area (Å²) in [5, 5.41) is 0. The van der Waals surface area contributed by atoms with E-state index in [1.165, 1.54) is 31.2 Å². The summed E-state index contributed by atoms with van der Waals surface area (Å²) in [5.41, 5.74) is 1.98. The Morgan fingerprint density at radius 3 is 2.57 bits per heavy atom. The monoisotopic (exact) mass is 188 g/mol. The average molecular weight is 188 g/mol. The minimum atomic E-state index is 0.443. The summed E-state index contributed by atoms with van der Waals surface area (Å²) in [6.07, 6.45) is 5.54. The molecular formula is C14H20. The first-order valence-electron chi connectivity index (χ1n) is 5.76. The Hall–Kier alpha value is -0.780. The molecule has 0 aliphatic heterocycles. The topological polar surface area (TPSA) is 0 Å². The Balaban J connectivity index is 2.23. The van der Waals surface area contributed by atoms with Gasteiger partial charge in [0.05, 0.1) is 0 Å². The molecule has 2 unspecified atom stereocenters. The molecule has 2 atom stereocenters. The Morgan fingerprint density at radius 2 is 1.93 bits per heavy atom. The van der Waals surface area contributed by atoms with Gasteiger partial charge in [-0.3, -0.25) is 0 Å². The molecule has 1 aliphatic carbocycles. The first kappa shape index (κ1) is 9.76. The molecule has 0 N–H and O–H groups in total. The second kappa shape index (κ2) is 3.76. The van der Waals surface area contributed by atoms with Gasteiger partial charge >= 0.3 is 0 Å². The van der Waals surface area contributed by atoms with Crippen molar-refractivity contribution < 1.29 is 0 Å². The second-order valence-corrected chi connectivity index (χ2v) is 5.13. The van der Waals surface area contributed by atoms with Gasteiger partial charge in [-0.15, -0.1) is 0 Å². The molecule has 76 valence electrons. The van der Waals surface area contributed by atoms with E-state index in [9.17, 15) is 0 Å². The summed E-state index contributed by atoms with van der Waals surface area (Å²) in [5.74, 6) is 0.897. The van der Waals surface area contributed by atoms with E-state index in [2.05, 4.69) is 44.2 Å². The average Bonchev–Trinajstić information content (AvgIpc) is 2.19. The highest BCUT2D eigenvalue weighted by molar-refractivity contribution is 5.25. The zero-order valence-corrected chi connectivity index (χ0v) is 9.29. The second-order valence-electron chi connectivity index (χ2n) is 5.13. The molecule has 0 heteroatoms. The molecule has 0 spiro atoms. The minimum absolute atomic E-state index is 0.443. The summed E-state index contributed by atoms with van der Waals surface area (Å²) < 4.78 is 0. The Morgan fingerprint density at radius 1 is 1.21 bits per heavy atom. The predicted octanol–water partition coefficient (Wildman–Crippen LogP) is 4.15. The quantitative estimate of drug-likeness (QED) is 0.621. The van der Waals surface area contributed by atoms with Crippen LogP contribution in [0.25, 0.3) is 0 Å². The van der Waals surface area contributed by atoms with Gasteiger partial charge in [-0.2, -0.15) is 0 Å². The molecule has 0 heterocycles. The largest absolute Gasteiger partial charge is 0.0625 e. The number of hydrogen-bond acceptors (Lipinski definition) is 0. The highest BCUT2D eigenvalue weighted by atomic mass is 14.4. The van der Waals surface area contributed by atoms with Crippen LogP contribution in [0, 0.1) is 5.92 Å². The molecule has 1 saturated carbocycles. The van der Waals surface area contributed by atoms with Crippen LogP contribution in [0.4, 0.5) is 0 Å².